The van der Waals surface area contributed by atoms with Crippen LogP contribution in [0.2, 0.25) is 0 Å². The minimum Gasteiger partial charge on any atom is -0.218 e. The normalized spacial score (nSPS) is 16.5. The summed E-state index contributed by atoms with van der Waals surface area (Å²) in [5.41, 5.74) is 0.0949. The van der Waals surface area contributed by atoms with Crippen molar-refractivity contribution in [3.05, 3.63) is 0 Å². The smallest absolute Gasteiger partial charge is 0.205 e. The molecule has 0 rings (SSSR count). The molecule has 0 amide bonds. The molecule has 0 aliphatic rings. The third kappa shape index (κ3) is 5.90. The fourth-order valence-corrected chi connectivity index (χ4v) is 2.20. The summed E-state index contributed by atoms with van der Waals surface area (Å²) in [6.07, 6.45) is 0.721. The minimum atomic E-state index is -2.87. The van der Waals surface area contributed by atoms with Crippen molar-refractivity contribution in [3.63, 3.8) is 0 Å². The van der Waals surface area contributed by atoms with Crippen LogP contribution < -0.4 is 0 Å². The van der Waals surface area contributed by atoms with E-state index in [-0.39, 0.29) is 10.7 Å². The Morgan fingerprint density at radius 3 is 1.82 bits per heavy atom. The van der Waals surface area contributed by atoms with Crippen LogP contribution in [0.4, 0.5) is 0 Å². The van der Waals surface area contributed by atoms with E-state index in [1.54, 1.807) is 6.92 Å². The highest BCUT2D eigenvalue weighted by molar-refractivity contribution is 14.2. The monoisotopic (exact) mass is 290 g/mol. The molecule has 2 nitrogen and oxygen atoms in total. The Hall–Kier alpha value is 0.680. The largest absolute Gasteiger partial charge is 0.218 e. The van der Waals surface area contributed by atoms with Crippen LogP contribution in [0.3, 0.4) is 0 Å². The van der Waals surface area contributed by atoms with Crippen molar-refractivity contribution in [1.29, 1.82) is 0 Å². The van der Waals surface area contributed by atoms with Crippen LogP contribution in [-0.4, -0.2) is 13.7 Å². The van der Waals surface area contributed by atoms with Crippen molar-refractivity contribution in [2.24, 2.45) is 5.41 Å². The van der Waals surface area contributed by atoms with Crippen LogP contribution in [0.5, 0.6) is 0 Å². The molecule has 0 radical (unpaired) electrons. The molecule has 4 heteroatoms. The molecular formula is C7H15IO2S. The van der Waals surface area contributed by atoms with Crippen LogP contribution in [-0.2, 0) is 7.01 Å². The van der Waals surface area contributed by atoms with Gasteiger partial charge in [0.25, 0.3) is 0 Å². The predicted molar refractivity (Wildman–Crippen MR) is 56.5 cm³/mol. The second kappa shape index (κ2) is 3.60. The standard InChI is InChI=1S/C7H15IO2S/c1-6(11(8,9)10)5-7(2,3)4/h6H,5H2,1-4H3. The molecule has 0 N–H and O–H groups in total. The topological polar surface area (TPSA) is 34.1 Å². The van der Waals surface area contributed by atoms with E-state index in [2.05, 4.69) is 0 Å². The molecule has 0 aromatic carbocycles. The maximum atomic E-state index is 11.0. The van der Waals surface area contributed by atoms with Crippen molar-refractivity contribution in [2.45, 2.75) is 39.4 Å². The highest BCUT2D eigenvalue weighted by atomic mass is 127. The van der Waals surface area contributed by atoms with Gasteiger partial charge in [-0.25, -0.2) is 8.42 Å². The van der Waals surface area contributed by atoms with Gasteiger partial charge in [0.1, 0.15) is 0 Å². The molecular weight excluding hydrogens is 275 g/mol. The van der Waals surface area contributed by atoms with Crippen LogP contribution in [0.1, 0.15) is 34.1 Å². The SMILES string of the molecule is CC(CC(C)(C)C)S(=O)(=O)I. The van der Waals surface area contributed by atoms with Gasteiger partial charge < -0.3 is 0 Å². The van der Waals surface area contributed by atoms with Crippen molar-refractivity contribution < 1.29 is 8.42 Å². The molecule has 0 fully saturated rings. The van der Waals surface area contributed by atoms with Crippen LogP contribution in [0.25, 0.3) is 0 Å². The molecule has 0 aliphatic heterocycles. The van der Waals surface area contributed by atoms with Gasteiger partial charge in [-0.2, -0.15) is 0 Å². The lowest BCUT2D eigenvalue weighted by Crippen LogP contribution is -2.19. The first kappa shape index (κ1) is 11.7. The number of rotatable bonds is 2. The number of hydrogen-bond acceptors (Lipinski definition) is 2. The molecule has 11 heavy (non-hydrogen) atoms. The third-order valence-electron chi connectivity index (χ3n) is 1.38. The van der Waals surface area contributed by atoms with Gasteiger partial charge in [-0.1, -0.05) is 20.8 Å². The van der Waals surface area contributed by atoms with E-state index in [1.807, 2.05) is 20.8 Å². The fraction of sp³-hybridized carbons (Fsp3) is 1.00. The van der Waals surface area contributed by atoms with E-state index in [0.29, 0.717) is 0 Å². The summed E-state index contributed by atoms with van der Waals surface area (Å²) < 4.78 is 22.0. The van der Waals surface area contributed by atoms with E-state index in [0.717, 1.165) is 6.42 Å². The van der Waals surface area contributed by atoms with Gasteiger partial charge in [0.15, 0.2) is 0 Å². The lowest BCUT2D eigenvalue weighted by atomic mass is 9.91. The van der Waals surface area contributed by atoms with Crippen molar-refractivity contribution in [1.82, 2.24) is 0 Å². The summed E-state index contributed by atoms with van der Waals surface area (Å²) in [6.45, 7) is 7.90. The Balaban J connectivity index is 4.22. The van der Waals surface area contributed by atoms with Gasteiger partial charge in [0.05, 0.1) is 26.5 Å². The Kier molecular flexibility index (Phi) is 3.82. The summed E-state index contributed by atoms with van der Waals surface area (Å²) in [7, 11) is -2.87. The molecule has 68 valence electrons. The molecule has 1 unspecified atom stereocenters. The molecule has 0 aliphatic carbocycles. The molecule has 0 aromatic rings. The van der Waals surface area contributed by atoms with Crippen LogP contribution >= 0.6 is 21.2 Å². The second-order valence-electron chi connectivity index (χ2n) is 4.05. The molecule has 0 heterocycles. The van der Waals surface area contributed by atoms with E-state index < -0.39 is 7.01 Å². The summed E-state index contributed by atoms with van der Waals surface area (Å²) in [4.78, 5) is 0. The van der Waals surface area contributed by atoms with Gasteiger partial charge in [-0.15, -0.1) is 0 Å². The summed E-state index contributed by atoms with van der Waals surface area (Å²) >= 11 is 1.51. The van der Waals surface area contributed by atoms with Crippen molar-refractivity contribution >= 4 is 28.2 Å². The maximum Gasteiger partial charge on any atom is 0.205 e. The zero-order valence-corrected chi connectivity index (χ0v) is 10.4. The average Bonchev–Trinajstić information content (AvgIpc) is 1.56. The predicted octanol–water partition coefficient (Wildman–Crippen LogP) is 2.58. The lowest BCUT2D eigenvalue weighted by molar-refractivity contribution is 0.373. The average molecular weight is 290 g/mol. The maximum absolute atomic E-state index is 11.0. The van der Waals surface area contributed by atoms with Gasteiger partial charge in [0.2, 0.25) is 7.01 Å². The summed E-state index contributed by atoms with van der Waals surface area (Å²) in [5.74, 6) is 0. The molecule has 0 bridgehead atoms. The van der Waals surface area contributed by atoms with Crippen molar-refractivity contribution in [3.8, 4) is 0 Å². The summed E-state index contributed by atoms with van der Waals surface area (Å²) in [5, 5.41) is -0.233. The van der Waals surface area contributed by atoms with Gasteiger partial charge in [-0.3, -0.25) is 0 Å². The quantitative estimate of drug-likeness (QED) is 0.578. The Morgan fingerprint density at radius 1 is 1.36 bits per heavy atom. The van der Waals surface area contributed by atoms with E-state index in [1.165, 1.54) is 21.2 Å². The molecule has 0 saturated carbocycles. The van der Waals surface area contributed by atoms with Gasteiger partial charge >= 0.3 is 0 Å². The lowest BCUT2D eigenvalue weighted by Gasteiger charge is -2.21. The van der Waals surface area contributed by atoms with Crippen LogP contribution in [0, 0.1) is 5.41 Å². The first-order valence-electron chi connectivity index (χ1n) is 3.56. The zero-order chi connectivity index (χ0) is 9.28. The molecule has 0 saturated heterocycles. The third-order valence-corrected chi connectivity index (χ3v) is 5.11. The first-order valence-corrected chi connectivity index (χ1v) is 7.65. The molecule has 1 atom stereocenters. The van der Waals surface area contributed by atoms with E-state index in [9.17, 15) is 8.42 Å². The fourth-order valence-electron chi connectivity index (χ4n) is 0.962. The molecule has 0 aromatic heterocycles. The Bertz CT molecular complexity index is 213. The summed E-state index contributed by atoms with van der Waals surface area (Å²) in [6, 6.07) is 0. The second-order valence-corrected chi connectivity index (χ2v) is 9.49. The first-order chi connectivity index (χ1) is 4.63. The Labute approximate surface area is 81.3 Å². The molecule has 0 spiro atoms. The highest BCUT2D eigenvalue weighted by Crippen LogP contribution is 2.26. The number of hydrogen-bond donors (Lipinski definition) is 0. The minimum absolute atomic E-state index is 0.0949. The Morgan fingerprint density at radius 2 is 1.73 bits per heavy atom. The van der Waals surface area contributed by atoms with Crippen LogP contribution in [0.15, 0.2) is 0 Å². The van der Waals surface area contributed by atoms with Gasteiger partial charge in [-0.05, 0) is 18.8 Å². The highest BCUT2D eigenvalue weighted by Gasteiger charge is 2.23. The zero-order valence-electron chi connectivity index (χ0n) is 7.39. The van der Waals surface area contributed by atoms with E-state index >= 15 is 0 Å². The van der Waals surface area contributed by atoms with E-state index in [4.69, 9.17) is 0 Å². The number of halogens is 1. The van der Waals surface area contributed by atoms with Crippen molar-refractivity contribution in [2.75, 3.05) is 0 Å². The van der Waals surface area contributed by atoms with Gasteiger partial charge in [0, 0.05) is 0 Å².